The number of rotatable bonds is 2. The Morgan fingerprint density at radius 2 is 2.13 bits per heavy atom. The van der Waals surface area contributed by atoms with E-state index in [-0.39, 0.29) is 0 Å². The molecule has 1 aromatic carbocycles. The molecule has 2 rings (SSSR count). The van der Waals surface area contributed by atoms with Crippen LogP contribution in [-0.4, -0.2) is 30.1 Å². The highest BCUT2D eigenvalue weighted by Crippen LogP contribution is 2.25. The molecule has 1 fully saturated rings. The first kappa shape index (κ1) is 11.5. The van der Waals surface area contributed by atoms with Gasteiger partial charge >= 0.3 is 0 Å². The molecule has 1 heterocycles. The van der Waals surface area contributed by atoms with E-state index < -0.39 is 0 Å². The van der Waals surface area contributed by atoms with Crippen LogP contribution in [0, 0.1) is 0 Å². The quantitative estimate of drug-likeness (QED) is 0.776. The van der Waals surface area contributed by atoms with Crippen molar-refractivity contribution in [2.45, 2.75) is 17.9 Å². The minimum atomic E-state index is 0.349. The van der Waals surface area contributed by atoms with Gasteiger partial charge in [-0.25, -0.2) is 4.31 Å². The molecule has 4 heteroatoms. The standard InChI is InChI=1S/C11H14BrNOS/c1-9-8-13(6-7-14-9)15-11-4-2-10(12)3-5-11/h2-5,9H,6-8H2,1H3. The van der Waals surface area contributed by atoms with Crippen LogP contribution in [-0.2, 0) is 4.74 Å². The summed E-state index contributed by atoms with van der Waals surface area (Å²) >= 11 is 5.25. The molecule has 1 saturated heterocycles. The molecule has 0 N–H and O–H groups in total. The second-order valence-electron chi connectivity index (χ2n) is 3.61. The van der Waals surface area contributed by atoms with Crippen LogP contribution in [0.3, 0.4) is 0 Å². The molecule has 1 atom stereocenters. The topological polar surface area (TPSA) is 12.5 Å². The highest BCUT2D eigenvalue weighted by atomic mass is 79.9. The van der Waals surface area contributed by atoms with Crippen LogP contribution in [0.5, 0.6) is 0 Å². The lowest BCUT2D eigenvalue weighted by molar-refractivity contribution is 0.0134. The highest BCUT2D eigenvalue weighted by Gasteiger charge is 2.17. The van der Waals surface area contributed by atoms with Gasteiger partial charge < -0.3 is 4.74 Å². The zero-order valence-corrected chi connectivity index (χ0v) is 11.1. The first-order chi connectivity index (χ1) is 7.24. The number of halogens is 1. The van der Waals surface area contributed by atoms with Crippen LogP contribution in [0.2, 0.25) is 0 Å². The third-order valence-electron chi connectivity index (χ3n) is 2.25. The van der Waals surface area contributed by atoms with Crippen LogP contribution in [0.15, 0.2) is 33.6 Å². The van der Waals surface area contributed by atoms with E-state index in [9.17, 15) is 0 Å². The van der Waals surface area contributed by atoms with Crippen molar-refractivity contribution in [3.05, 3.63) is 28.7 Å². The predicted molar refractivity (Wildman–Crippen MR) is 67.0 cm³/mol. The Hall–Kier alpha value is -0.0300. The van der Waals surface area contributed by atoms with Crippen LogP contribution >= 0.6 is 27.9 Å². The summed E-state index contributed by atoms with van der Waals surface area (Å²) in [5.41, 5.74) is 0. The zero-order valence-electron chi connectivity index (χ0n) is 8.65. The summed E-state index contributed by atoms with van der Waals surface area (Å²) in [4.78, 5) is 1.28. The number of benzene rings is 1. The average Bonchev–Trinajstić information content (AvgIpc) is 2.22. The lowest BCUT2D eigenvalue weighted by atomic mass is 10.3. The predicted octanol–water partition coefficient (Wildman–Crippen LogP) is 3.18. The molecule has 1 aliphatic rings. The van der Waals surface area contributed by atoms with E-state index in [1.807, 2.05) is 11.9 Å². The first-order valence-corrected chi connectivity index (χ1v) is 6.61. The van der Waals surface area contributed by atoms with Crippen molar-refractivity contribution < 1.29 is 4.74 Å². The Labute approximate surface area is 103 Å². The number of hydrogen-bond acceptors (Lipinski definition) is 3. The van der Waals surface area contributed by atoms with Crippen LogP contribution in [0.25, 0.3) is 0 Å². The minimum Gasteiger partial charge on any atom is -0.376 e. The van der Waals surface area contributed by atoms with Crippen molar-refractivity contribution in [3.8, 4) is 0 Å². The molecule has 82 valence electrons. The molecule has 0 radical (unpaired) electrons. The normalized spacial score (nSPS) is 22.9. The maximum Gasteiger partial charge on any atom is 0.0684 e. The van der Waals surface area contributed by atoms with Gasteiger partial charge in [-0.2, -0.15) is 0 Å². The van der Waals surface area contributed by atoms with Crippen molar-refractivity contribution in [3.63, 3.8) is 0 Å². The van der Waals surface area contributed by atoms with Crippen LogP contribution < -0.4 is 0 Å². The summed E-state index contributed by atoms with van der Waals surface area (Å²) in [6.07, 6.45) is 0.349. The Kier molecular flexibility index (Phi) is 4.08. The van der Waals surface area contributed by atoms with Crippen molar-refractivity contribution >= 4 is 27.9 Å². The van der Waals surface area contributed by atoms with Crippen LogP contribution in [0.1, 0.15) is 6.92 Å². The molecule has 0 bridgehead atoms. The number of morpholine rings is 1. The van der Waals surface area contributed by atoms with Gasteiger partial charge in [-0.05, 0) is 43.1 Å². The highest BCUT2D eigenvalue weighted by molar-refractivity contribution is 9.10. The number of hydrogen-bond donors (Lipinski definition) is 0. The molecular weight excluding hydrogens is 274 g/mol. The molecule has 0 spiro atoms. The first-order valence-electron chi connectivity index (χ1n) is 5.04. The Balaban J connectivity index is 1.93. The van der Waals surface area contributed by atoms with E-state index in [0.29, 0.717) is 6.10 Å². The van der Waals surface area contributed by atoms with Crippen molar-refractivity contribution in [1.82, 2.24) is 4.31 Å². The summed E-state index contributed by atoms with van der Waals surface area (Å²) in [6, 6.07) is 8.42. The molecule has 1 unspecified atom stereocenters. The second kappa shape index (κ2) is 5.34. The van der Waals surface area contributed by atoms with E-state index in [1.165, 1.54) is 4.90 Å². The van der Waals surface area contributed by atoms with Gasteiger partial charge in [0.1, 0.15) is 0 Å². The van der Waals surface area contributed by atoms with Gasteiger partial charge in [-0.3, -0.25) is 0 Å². The molecule has 2 nitrogen and oxygen atoms in total. The summed E-state index contributed by atoms with van der Waals surface area (Å²) in [5.74, 6) is 0. The number of ether oxygens (including phenoxy) is 1. The van der Waals surface area contributed by atoms with Crippen molar-refractivity contribution in [2.75, 3.05) is 19.7 Å². The maximum absolute atomic E-state index is 5.50. The molecule has 0 aliphatic carbocycles. The summed E-state index contributed by atoms with van der Waals surface area (Å²) in [5, 5.41) is 0. The van der Waals surface area contributed by atoms with Gasteiger partial charge in [0.25, 0.3) is 0 Å². The molecule has 15 heavy (non-hydrogen) atoms. The largest absolute Gasteiger partial charge is 0.376 e. The van der Waals surface area contributed by atoms with Gasteiger partial charge in [-0.1, -0.05) is 15.9 Å². The Morgan fingerprint density at radius 3 is 2.80 bits per heavy atom. The minimum absolute atomic E-state index is 0.349. The SMILES string of the molecule is CC1CN(Sc2ccc(Br)cc2)CCO1. The lowest BCUT2D eigenvalue weighted by Gasteiger charge is -2.29. The van der Waals surface area contributed by atoms with Gasteiger partial charge in [0.05, 0.1) is 12.7 Å². The molecule has 0 amide bonds. The molecule has 0 saturated carbocycles. The summed E-state index contributed by atoms with van der Waals surface area (Å²) in [6.45, 7) is 4.96. The third-order valence-corrected chi connectivity index (χ3v) is 3.85. The fourth-order valence-corrected chi connectivity index (χ4v) is 2.78. The zero-order chi connectivity index (χ0) is 10.7. The van der Waals surface area contributed by atoms with Crippen molar-refractivity contribution in [1.29, 1.82) is 0 Å². The fraction of sp³-hybridized carbons (Fsp3) is 0.455. The maximum atomic E-state index is 5.50. The van der Waals surface area contributed by atoms with Gasteiger partial charge in [-0.15, -0.1) is 0 Å². The Morgan fingerprint density at radius 1 is 1.40 bits per heavy atom. The summed E-state index contributed by atoms with van der Waals surface area (Å²) in [7, 11) is 0. The molecule has 1 aromatic rings. The second-order valence-corrected chi connectivity index (χ2v) is 5.70. The summed E-state index contributed by atoms with van der Waals surface area (Å²) < 4.78 is 8.99. The van der Waals surface area contributed by atoms with Gasteiger partial charge in [0, 0.05) is 22.5 Å². The number of nitrogens with zero attached hydrogens (tertiary/aromatic N) is 1. The smallest absolute Gasteiger partial charge is 0.0684 e. The van der Waals surface area contributed by atoms with E-state index in [2.05, 4.69) is 51.4 Å². The van der Waals surface area contributed by atoms with Gasteiger partial charge in [0.2, 0.25) is 0 Å². The van der Waals surface area contributed by atoms with Crippen LogP contribution in [0.4, 0.5) is 0 Å². The van der Waals surface area contributed by atoms with Crippen molar-refractivity contribution in [2.24, 2.45) is 0 Å². The third kappa shape index (κ3) is 3.48. The lowest BCUT2D eigenvalue weighted by Crippen LogP contribution is -2.36. The van der Waals surface area contributed by atoms with E-state index in [1.54, 1.807) is 0 Å². The van der Waals surface area contributed by atoms with E-state index in [4.69, 9.17) is 4.74 Å². The van der Waals surface area contributed by atoms with Gasteiger partial charge in [0.15, 0.2) is 0 Å². The Bertz CT molecular complexity index is 317. The average molecular weight is 288 g/mol. The van der Waals surface area contributed by atoms with E-state index in [0.717, 1.165) is 24.2 Å². The molecule has 1 aliphatic heterocycles. The van der Waals surface area contributed by atoms with E-state index >= 15 is 0 Å². The monoisotopic (exact) mass is 287 g/mol. The molecule has 0 aromatic heterocycles. The fourth-order valence-electron chi connectivity index (χ4n) is 1.51. The molecular formula is C11H14BrNOS.